The molecule has 0 bridgehead atoms. The maximum atomic E-state index is 12.5. The lowest BCUT2D eigenvalue weighted by atomic mass is 10.2. The van der Waals surface area contributed by atoms with E-state index in [1.807, 2.05) is 18.2 Å². The van der Waals surface area contributed by atoms with Gasteiger partial charge in [-0.3, -0.25) is 0 Å². The van der Waals surface area contributed by atoms with Gasteiger partial charge in [0.05, 0.1) is 18.9 Å². The summed E-state index contributed by atoms with van der Waals surface area (Å²) in [4.78, 5) is 15.6. The molecule has 0 unspecified atom stereocenters. The van der Waals surface area contributed by atoms with Gasteiger partial charge in [0.2, 0.25) is 0 Å². The molecule has 0 aliphatic carbocycles. The number of hydrogen-bond donors (Lipinski definition) is 1. The van der Waals surface area contributed by atoms with E-state index in [1.54, 1.807) is 22.5 Å². The highest BCUT2D eigenvalue weighted by Gasteiger charge is 2.19. The number of furan rings is 1. The summed E-state index contributed by atoms with van der Waals surface area (Å²) in [5.74, 6) is 0.795. The molecular formula is C17H22N2O3S. The molecule has 2 aromatic rings. The second-order valence-electron chi connectivity index (χ2n) is 5.65. The first-order valence-corrected chi connectivity index (χ1v) is 8.88. The van der Waals surface area contributed by atoms with Crippen molar-refractivity contribution >= 4 is 17.4 Å². The Morgan fingerprint density at radius 2 is 2.35 bits per heavy atom. The fourth-order valence-corrected chi connectivity index (χ4v) is 3.36. The quantitative estimate of drug-likeness (QED) is 0.845. The third-order valence-corrected chi connectivity index (χ3v) is 4.86. The van der Waals surface area contributed by atoms with E-state index >= 15 is 0 Å². The van der Waals surface area contributed by atoms with Crippen LogP contribution in [0.15, 0.2) is 40.3 Å². The summed E-state index contributed by atoms with van der Waals surface area (Å²) in [5.41, 5.74) is 0. The Balaban J connectivity index is 1.55. The largest absolute Gasteiger partial charge is 0.467 e. The summed E-state index contributed by atoms with van der Waals surface area (Å²) < 4.78 is 10.9. The van der Waals surface area contributed by atoms with Gasteiger partial charge in [0, 0.05) is 24.6 Å². The molecule has 124 valence electrons. The number of amides is 2. The van der Waals surface area contributed by atoms with Gasteiger partial charge in [0.15, 0.2) is 0 Å². The molecule has 0 spiro atoms. The van der Waals surface area contributed by atoms with Crippen LogP contribution < -0.4 is 5.32 Å². The Labute approximate surface area is 140 Å². The van der Waals surface area contributed by atoms with Crippen LogP contribution in [0.25, 0.3) is 0 Å². The zero-order chi connectivity index (χ0) is 15.9. The number of nitrogens with zero attached hydrogens (tertiary/aromatic N) is 1. The van der Waals surface area contributed by atoms with Gasteiger partial charge in [-0.05, 0) is 42.8 Å². The van der Waals surface area contributed by atoms with E-state index in [-0.39, 0.29) is 12.1 Å². The van der Waals surface area contributed by atoms with Crippen LogP contribution in [0.5, 0.6) is 0 Å². The van der Waals surface area contributed by atoms with Crippen LogP contribution in [-0.2, 0) is 17.7 Å². The maximum Gasteiger partial charge on any atom is 0.317 e. The van der Waals surface area contributed by atoms with Crippen LogP contribution in [0.3, 0.4) is 0 Å². The molecule has 0 aromatic carbocycles. The van der Waals surface area contributed by atoms with Crippen LogP contribution in [0.1, 0.15) is 23.5 Å². The van der Waals surface area contributed by atoms with Crippen LogP contribution in [0.2, 0.25) is 0 Å². The number of carbonyl (C=O) groups is 1. The summed E-state index contributed by atoms with van der Waals surface area (Å²) in [6.07, 6.45) is 4.74. The van der Waals surface area contributed by atoms with Gasteiger partial charge >= 0.3 is 6.03 Å². The first-order chi connectivity index (χ1) is 11.3. The lowest BCUT2D eigenvalue weighted by Crippen LogP contribution is -2.43. The van der Waals surface area contributed by atoms with E-state index in [0.29, 0.717) is 19.6 Å². The average molecular weight is 334 g/mol. The SMILES string of the molecule is O=C(NC[C@H]1CCCO1)N(CCc1cccs1)Cc1ccco1. The van der Waals surface area contributed by atoms with Crippen LogP contribution >= 0.6 is 11.3 Å². The smallest absolute Gasteiger partial charge is 0.317 e. The van der Waals surface area contributed by atoms with E-state index < -0.39 is 0 Å². The standard InChI is InChI=1S/C17H22N2O3S/c20-17(18-12-14-4-1-9-21-14)19(13-15-5-2-10-22-15)8-7-16-6-3-11-23-16/h2-3,5-6,10-11,14H,1,4,7-9,12-13H2,(H,18,20)/t14-/m1/s1. The van der Waals surface area contributed by atoms with Gasteiger partial charge in [-0.25, -0.2) is 4.79 Å². The third kappa shape index (κ3) is 4.84. The molecule has 1 aliphatic heterocycles. The van der Waals surface area contributed by atoms with E-state index in [1.165, 1.54) is 4.88 Å². The highest BCUT2D eigenvalue weighted by molar-refractivity contribution is 7.09. The Morgan fingerprint density at radius 1 is 1.39 bits per heavy atom. The molecule has 23 heavy (non-hydrogen) atoms. The van der Waals surface area contributed by atoms with Crippen molar-refractivity contribution in [3.8, 4) is 0 Å². The Bertz CT molecular complexity index is 577. The number of hydrogen-bond acceptors (Lipinski definition) is 4. The molecule has 1 atom stereocenters. The van der Waals surface area contributed by atoms with Crippen molar-refractivity contribution in [3.05, 3.63) is 46.5 Å². The van der Waals surface area contributed by atoms with Gasteiger partial charge in [-0.2, -0.15) is 0 Å². The van der Waals surface area contributed by atoms with Crippen molar-refractivity contribution in [1.82, 2.24) is 10.2 Å². The average Bonchev–Trinajstić information content (AvgIpc) is 3.32. The minimum absolute atomic E-state index is 0.0616. The second-order valence-corrected chi connectivity index (χ2v) is 6.68. The number of urea groups is 1. The highest BCUT2D eigenvalue weighted by atomic mass is 32.1. The molecule has 6 heteroatoms. The molecule has 3 heterocycles. The number of rotatable bonds is 7. The van der Waals surface area contributed by atoms with Crippen molar-refractivity contribution in [2.45, 2.75) is 31.9 Å². The van der Waals surface area contributed by atoms with Gasteiger partial charge in [-0.15, -0.1) is 11.3 Å². The molecule has 2 aromatic heterocycles. The monoisotopic (exact) mass is 334 g/mol. The van der Waals surface area contributed by atoms with E-state index in [4.69, 9.17) is 9.15 Å². The Kier molecular flexibility index (Phi) is 5.71. The fourth-order valence-electron chi connectivity index (χ4n) is 2.66. The Hall–Kier alpha value is -1.79. The summed E-state index contributed by atoms with van der Waals surface area (Å²) in [6, 6.07) is 7.81. The molecule has 1 N–H and O–H groups in total. The molecule has 0 radical (unpaired) electrons. The number of thiophene rings is 1. The molecule has 1 fully saturated rings. The van der Waals surface area contributed by atoms with E-state index in [9.17, 15) is 4.79 Å². The van der Waals surface area contributed by atoms with Gasteiger partial charge < -0.3 is 19.4 Å². The van der Waals surface area contributed by atoms with Gasteiger partial charge in [-0.1, -0.05) is 6.07 Å². The molecular weight excluding hydrogens is 312 g/mol. The van der Waals surface area contributed by atoms with Crippen molar-refractivity contribution in [2.24, 2.45) is 0 Å². The molecule has 2 amide bonds. The zero-order valence-electron chi connectivity index (χ0n) is 13.1. The number of nitrogens with one attached hydrogen (secondary N) is 1. The minimum atomic E-state index is -0.0616. The zero-order valence-corrected chi connectivity index (χ0v) is 13.9. The molecule has 0 saturated carbocycles. The predicted molar refractivity (Wildman–Crippen MR) is 89.5 cm³/mol. The summed E-state index contributed by atoms with van der Waals surface area (Å²) >= 11 is 1.72. The summed E-state index contributed by atoms with van der Waals surface area (Å²) in [7, 11) is 0. The topological polar surface area (TPSA) is 54.7 Å². The van der Waals surface area contributed by atoms with E-state index in [0.717, 1.165) is 31.6 Å². The number of carbonyl (C=O) groups excluding carboxylic acids is 1. The van der Waals surface area contributed by atoms with Crippen molar-refractivity contribution in [2.75, 3.05) is 19.7 Å². The van der Waals surface area contributed by atoms with Crippen LogP contribution in [-0.4, -0.2) is 36.7 Å². The fraction of sp³-hybridized carbons (Fsp3) is 0.471. The molecule has 1 saturated heterocycles. The normalized spacial score (nSPS) is 17.3. The Morgan fingerprint density at radius 3 is 3.04 bits per heavy atom. The van der Waals surface area contributed by atoms with Crippen LogP contribution in [0.4, 0.5) is 4.79 Å². The summed E-state index contributed by atoms with van der Waals surface area (Å²) in [5, 5.41) is 5.05. The number of ether oxygens (including phenoxy) is 1. The summed E-state index contributed by atoms with van der Waals surface area (Å²) in [6.45, 7) is 2.52. The van der Waals surface area contributed by atoms with Gasteiger partial charge in [0.1, 0.15) is 5.76 Å². The van der Waals surface area contributed by atoms with E-state index in [2.05, 4.69) is 16.8 Å². The second kappa shape index (κ2) is 8.17. The van der Waals surface area contributed by atoms with Crippen molar-refractivity contribution in [3.63, 3.8) is 0 Å². The lowest BCUT2D eigenvalue weighted by Gasteiger charge is -2.23. The highest BCUT2D eigenvalue weighted by Crippen LogP contribution is 2.13. The minimum Gasteiger partial charge on any atom is -0.467 e. The van der Waals surface area contributed by atoms with Crippen molar-refractivity contribution < 1.29 is 13.9 Å². The maximum absolute atomic E-state index is 12.5. The lowest BCUT2D eigenvalue weighted by molar-refractivity contribution is 0.108. The van der Waals surface area contributed by atoms with Gasteiger partial charge in [0.25, 0.3) is 0 Å². The molecule has 5 nitrogen and oxygen atoms in total. The van der Waals surface area contributed by atoms with Crippen LogP contribution in [0, 0.1) is 0 Å². The predicted octanol–water partition coefficient (Wildman–Crippen LogP) is 3.27. The van der Waals surface area contributed by atoms with Crippen molar-refractivity contribution in [1.29, 1.82) is 0 Å². The first-order valence-electron chi connectivity index (χ1n) is 8.00. The first kappa shape index (κ1) is 16.1. The third-order valence-electron chi connectivity index (χ3n) is 3.93. The molecule has 1 aliphatic rings. The molecule has 3 rings (SSSR count).